The summed E-state index contributed by atoms with van der Waals surface area (Å²) in [6.45, 7) is 6.24. The first-order valence-corrected chi connectivity index (χ1v) is 9.03. The van der Waals surface area contributed by atoms with Crippen LogP contribution in [-0.2, 0) is 9.53 Å². The van der Waals surface area contributed by atoms with Crippen molar-refractivity contribution < 1.29 is 19.1 Å². The molecule has 1 fully saturated rings. The van der Waals surface area contributed by atoms with Crippen LogP contribution in [0.25, 0.3) is 0 Å². The molecule has 0 saturated carbocycles. The second-order valence-electron chi connectivity index (χ2n) is 6.26. The molecule has 1 unspecified atom stereocenters. The lowest BCUT2D eigenvalue weighted by Crippen LogP contribution is -2.48. The molecule has 1 atom stereocenters. The van der Waals surface area contributed by atoms with Gasteiger partial charge in [-0.1, -0.05) is 12.1 Å². The molecule has 1 aliphatic rings. The Hall–Kier alpha value is -2.57. The van der Waals surface area contributed by atoms with E-state index in [1.165, 1.54) is 7.11 Å². The lowest BCUT2D eigenvalue weighted by atomic mass is 9.96. The van der Waals surface area contributed by atoms with Gasteiger partial charge in [0.1, 0.15) is 0 Å². The van der Waals surface area contributed by atoms with Gasteiger partial charge >= 0.3 is 12.0 Å². The third-order valence-corrected chi connectivity index (χ3v) is 4.71. The Kier molecular flexibility index (Phi) is 7.00. The summed E-state index contributed by atoms with van der Waals surface area (Å²) in [4.78, 5) is 40.5. The molecule has 1 heterocycles. The van der Waals surface area contributed by atoms with Gasteiger partial charge in [0.05, 0.1) is 24.3 Å². The number of nitrogens with zero attached hydrogens (tertiary/aromatic N) is 2. The minimum atomic E-state index is -0.505. The summed E-state index contributed by atoms with van der Waals surface area (Å²) in [5, 5.41) is 2.77. The third kappa shape index (κ3) is 4.53. The van der Waals surface area contributed by atoms with Gasteiger partial charge in [0.25, 0.3) is 0 Å². The Bertz CT molecular complexity index is 658. The number of para-hydroxylation sites is 1. The minimum Gasteiger partial charge on any atom is -0.465 e. The maximum atomic E-state index is 12.6. The summed E-state index contributed by atoms with van der Waals surface area (Å²) in [5.41, 5.74) is 0.706. The summed E-state index contributed by atoms with van der Waals surface area (Å²) in [6, 6.07) is 6.40. The Morgan fingerprint density at radius 2 is 1.92 bits per heavy atom. The highest BCUT2D eigenvalue weighted by atomic mass is 16.5. The van der Waals surface area contributed by atoms with Crippen LogP contribution in [0.3, 0.4) is 0 Å². The van der Waals surface area contributed by atoms with Gasteiger partial charge in [-0.3, -0.25) is 4.79 Å². The Morgan fingerprint density at radius 3 is 2.58 bits per heavy atom. The molecule has 1 aromatic carbocycles. The van der Waals surface area contributed by atoms with Gasteiger partial charge in [-0.2, -0.15) is 0 Å². The summed E-state index contributed by atoms with van der Waals surface area (Å²) in [6.07, 6.45) is 1.57. The van der Waals surface area contributed by atoms with Crippen molar-refractivity contribution in [3.63, 3.8) is 0 Å². The number of urea groups is 1. The van der Waals surface area contributed by atoms with E-state index < -0.39 is 5.97 Å². The second-order valence-corrected chi connectivity index (χ2v) is 6.26. The number of piperidine rings is 1. The van der Waals surface area contributed by atoms with E-state index in [1.807, 2.05) is 13.8 Å². The molecule has 2 rings (SSSR count). The monoisotopic (exact) mass is 361 g/mol. The van der Waals surface area contributed by atoms with Crippen molar-refractivity contribution >= 4 is 23.6 Å². The highest BCUT2D eigenvalue weighted by Crippen LogP contribution is 2.21. The van der Waals surface area contributed by atoms with E-state index in [2.05, 4.69) is 5.32 Å². The molecule has 7 heteroatoms. The number of ether oxygens (including phenoxy) is 1. The number of hydrogen-bond acceptors (Lipinski definition) is 4. The van der Waals surface area contributed by atoms with E-state index in [0.717, 1.165) is 12.8 Å². The van der Waals surface area contributed by atoms with Gasteiger partial charge < -0.3 is 19.9 Å². The van der Waals surface area contributed by atoms with Crippen molar-refractivity contribution in [2.45, 2.75) is 26.7 Å². The number of rotatable bonds is 5. The number of anilines is 1. The molecule has 3 amide bonds. The van der Waals surface area contributed by atoms with Crippen LogP contribution in [0, 0.1) is 5.92 Å². The fraction of sp³-hybridized carbons (Fsp3) is 0.526. The van der Waals surface area contributed by atoms with E-state index in [0.29, 0.717) is 37.4 Å². The zero-order chi connectivity index (χ0) is 19.1. The summed E-state index contributed by atoms with van der Waals surface area (Å²) in [7, 11) is 1.30. The minimum absolute atomic E-state index is 0.0995. The molecule has 7 nitrogen and oxygen atoms in total. The van der Waals surface area contributed by atoms with Crippen molar-refractivity contribution in [1.82, 2.24) is 9.80 Å². The molecule has 0 aromatic heterocycles. The number of likely N-dealkylation sites (tertiary alicyclic amines) is 1. The van der Waals surface area contributed by atoms with E-state index in [-0.39, 0.29) is 17.9 Å². The SMILES string of the molecule is CCN(CC)C(=O)C1CCCN(C(=O)Nc2ccccc2C(=O)OC)C1. The lowest BCUT2D eigenvalue weighted by molar-refractivity contribution is -0.136. The van der Waals surface area contributed by atoms with Crippen molar-refractivity contribution in [2.24, 2.45) is 5.92 Å². The Labute approximate surface area is 154 Å². The van der Waals surface area contributed by atoms with E-state index in [9.17, 15) is 14.4 Å². The molecule has 142 valence electrons. The van der Waals surface area contributed by atoms with Gasteiger partial charge in [0, 0.05) is 26.2 Å². The maximum Gasteiger partial charge on any atom is 0.339 e. The molecule has 1 N–H and O–H groups in total. The van der Waals surface area contributed by atoms with Gasteiger partial charge in [-0.05, 0) is 38.8 Å². The number of carbonyl (C=O) groups is 3. The van der Waals surface area contributed by atoms with Crippen molar-refractivity contribution in [3.05, 3.63) is 29.8 Å². The molecule has 0 bridgehead atoms. The van der Waals surface area contributed by atoms with E-state index in [1.54, 1.807) is 34.1 Å². The first kappa shape index (κ1) is 19.8. The first-order chi connectivity index (χ1) is 12.5. The van der Waals surface area contributed by atoms with Crippen molar-refractivity contribution in [2.75, 3.05) is 38.6 Å². The smallest absolute Gasteiger partial charge is 0.339 e. The zero-order valence-electron chi connectivity index (χ0n) is 15.7. The lowest BCUT2D eigenvalue weighted by Gasteiger charge is -2.34. The number of hydrogen-bond donors (Lipinski definition) is 1. The normalized spacial score (nSPS) is 16.7. The predicted molar refractivity (Wildman–Crippen MR) is 99.0 cm³/mol. The standard InChI is InChI=1S/C19H27N3O4/c1-4-21(5-2)17(23)14-9-8-12-22(13-14)19(25)20-16-11-7-6-10-15(16)18(24)26-3/h6-7,10-11,14H,4-5,8-9,12-13H2,1-3H3,(H,20,25). The molecule has 0 radical (unpaired) electrons. The number of amides is 3. The highest BCUT2D eigenvalue weighted by molar-refractivity contribution is 6.00. The summed E-state index contributed by atoms with van der Waals surface area (Å²) >= 11 is 0. The number of benzene rings is 1. The topological polar surface area (TPSA) is 79.0 Å². The second kappa shape index (κ2) is 9.22. The quantitative estimate of drug-likeness (QED) is 0.818. The molecular weight excluding hydrogens is 334 g/mol. The number of methoxy groups -OCH3 is 1. The Morgan fingerprint density at radius 1 is 1.23 bits per heavy atom. The van der Waals surface area contributed by atoms with E-state index in [4.69, 9.17) is 4.74 Å². The molecule has 1 saturated heterocycles. The van der Waals surface area contributed by atoms with Crippen molar-refractivity contribution in [3.8, 4) is 0 Å². The van der Waals surface area contributed by atoms with Crippen LogP contribution in [0.15, 0.2) is 24.3 Å². The molecule has 1 aromatic rings. The van der Waals surface area contributed by atoms with Gasteiger partial charge in [0.2, 0.25) is 5.91 Å². The van der Waals surface area contributed by atoms with Gasteiger partial charge in [-0.25, -0.2) is 9.59 Å². The van der Waals surface area contributed by atoms with Gasteiger partial charge in [0.15, 0.2) is 0 Å². The third-order valence-electron chi connectivity index (χ3n) is 4.71. The fourth-order valence-corrected chi connectivity index (χ4v) is 3.23. The molecule has 0 spiro atoms. The highest BCUT2D eigenvalue weighted by Gasteiger charge is 2.30. The summed E-state index contributed by atoms with van der Waals surface area (Å²) < 4.78 is 4.75. The predicted octanol–water partition coefficient (Wildman–Crippen LogP) is 2.59. The van der Waals surface area contributed by atoms with Crippen LogP contribution >= 0.6 is 0 Å². The Balaban J connectivity index is 2.06. The zero-order valence-corrected chi connectivity index (χ0v) is 15.7. The first-order valence-electron chi connectivity index (χ1n) is 9.03. The number of nitrogens with one attached hydrogen (secondary N) is 1. The molecular formula is C19H27N3O4. The molecule has 26 heavy (non-hydrogen) atoms. The number of esters is 1. The average Bonchev–Trinajstić information content (AvgIpc) is 2.68. The van der Waals surface area contributed by atoms with Crippen LogP contribution in [0.5, 0.6) is 0 Å². The van der Waals surface area contributed by atoms with Crippen LogP contribution in [0.1, 0.15) is 37.0 Å². The molecule has 1 aliphatic heterocycles. The van der Waals surface area contributed by atoms with Crippen LogP contribution in [-0.4, -0.2) is 61.0 Å². The van der Waals surface area contributed by atoms with Crippen LogP contribution in [0.4, 0.5) is 10.5 Å². The fourth-order valence-electron chi connectivity index (χ4n) is 3.23. The maximum absolute atomic E-state index is 12.6. The summed E-state index contributed by atoms with van der Waals surface area (Å²) in [5.74, 6) is -0.582. The van der Waals surface area contributed by atoms with Crippen LogP contribution in [0.2, 0.25) is 0 Å². The van der Waals surface area contributed by atoms with Crippen molar-refractivity contribution in [1.29, 1.82) is 0 Å². The van der Waals surface area contributed by atoms with E-state index >= 15 is 0 Å². The molecule has 0 aliphatic carbocycles. The average molecular weight is 361 g/mol. The number of carbonyl (C=O) groups excluding carboxylic acids is 3. The van der Waals surface area contributed by atoms with Crippen LogP contribution < -0.4 is 5.32 Å². The largest absolute Gasteiger partial charge is 0.465 e. The van der Waals surface area contributed by atoms with Gasteiger partial charge in [-0.15, -0.1) is 0 Å².